The third kappa shape index (κ3) is 4.40. The van der Waals surface area contributed by atoms with Crippen LogP contribution in [0, 0.1) is 0 Å². The summed E-state index contributed by atoms with van der Waals surface area (Å²) in [5, 5.41) is 0.833. The molecular weight excluding hydrogens is 271 g/mol. The van der Waals surface area contributed by atoms with Gasteiger partial charge in [0.05, 0.1) is 5.03 Å². The highest BCUT2D eigenvalue weighted by molar-refractivity contribution is 6.40. The molecule has 0 bridgehead atoms. The maximum atomic E-state index is 10.6. The van der Waals surface area contributed by atoms with Gasteiger partial charge in [-0.25, -0.2) is 0 Å². The number of aldehydes is 1. The van der Waals surface area contributed by atoms with E-state index in [2.05, 4.69) is 6.58 Å². The molecule has 0 atom stereocenters. The lowest BCUT2D eigenvalue weighted by Crippen LogP contribution is -1.93. The van der Waals surface area contributed by atoms with Crippen molar-refractivity contribution in [2.24, 2.45) is 0 Å². The number of halogens is 2. The minimum atomic E-state index is 0.373. The smallest absolute Gasteiger partial charge is 0.150 e. The second-order valence-electron chi connectivity index (χ2n) is 3.42. The number of ether oxygens (including phenoxy) is 1. The van der Waals surface area contributed by atoms with Crippen LogP contribution in [-0.2, 0) is 0 Å². The zero-order chi connectivity index (χ0) is 13.5. The topological polar surface area (TPSA) is 26.3 Å². The molecule has 0 fully saturated rings. The number of hydrogen-bond acceptors (Lipinski definition) is 2. The fourth-order valence-corrected chi connectivity index (χ4v) is 1.30. The van der Waals surface area contributed by atoms with Crippen LogP contribution in [0.3, 0.4) is 0 Å². The van der Waals surface area contributed by atoms with E-state index in [9.17, 15) is 4.79 Å². The molecule has 0 unspecified atom stereocenters. The number of benzene rings is 1. The summed E-state index contributed by atoms with van der Waals surface area (Å²) < 4.78 is 5.53. The summed E-state index contributed by atoms with van der Waals surface area (Å²) in [5.41, 5.74) is 0.533. The number of carbonyl (C=O) groups is 1. The van der Waals surface area contributed by atoms with E-state index in [1.807, 2.05) is 0 Å². The molecule has 2 nitrogen and oxygen atoms in total. The van der Waals surface area contributed by atoms with Crippen LogP contribution < -0.4 is 4.74 Å². The van der Waals surface area contributed by atoms with Gasteiger partial charge < -0.3 is 4.74 Å². The second kappa shape index (κ2) is 7.04. The van der Waals surface area contributed by atoms with Gasteiger partial charge in [0.15, 0.2) is 0 Å². The lowest BCUT2D eigenvalue weighted by atomic mass is 10.2. The van der Waals surface area contributed by atoms with Crippen LogP contribution in [0.4, 0.5) is 0 Å². The van der Waals surface area contributed by atoms with Crippen LogP contribution in [0.15, 0.2) is 58.8 Å². The summed E-state index contributed by atoms with van der Waals surface area (Å²) in [6.45, 7) is 5.30. The van der Waals surface area contributed by atoms with Crippen LogP contribution in [-0.4, -0.2) is 6.29 Å². The van der Waals surface area contributed by atoms with E-state index in [4.69, 9.17) is 27.9 Å². The van der Waals surface area contributed by atoms with Gasteiger partial charge in [-0.2, -0.15) is 0 Å². The van der Waals surface area contributed by atoms with E-state index in [0.717, 1.165) is 6.29 Å². The molecule has 18 heavy (non-hydrogen) atoms. The number of rotatable bonds is 5. The normalized spacial score (nSPS) is 12.7. The van der Waals surface area contributed by atoms with Crippen LogP contribution in [0.25, 0.3) is 0 Å². The lowest BCUT2D eigenvalue weighted by molar-refractivity contribution is 0.112. The maximum absolute atomic E-state index is 10.6. The quantitative estimate of drug-likeness (QED) is 0.446. The van der Waals surface area contributed by atoms with Gasteiger partial charge in [-0.3, -0.25) is 4.79 Å². The Morgan fingerprint density at radius 1 is 1.39 bits per heavy atom. The molecule has 0 aliphatic rings. The zero-order valence-corrected chi connectivity index (χ0v) is 11.3. The molecule has 94 valence electrons. The average molecular weight is 283 g/mol. The Morgan fingerprint density at radius 3 is 2.67 bits per heavy atom. The van der Waals surface area contributed by atoms with Crippen LogP contribution in [0.2, 0.25) is 0 Å². The summed E-state index contributed by atoms with van der Waals surface area (Å²) in [5.74, 6) is 0.977. The van der Waals surface area contributed by atoms with Crippen molar-refractivity contribution in [1.29, 1.82) is 0 Å². The van der Waals surface area contributed by atoms with Crippen molar-refractivity contribution in [1.82, 2.24) is 0 Å². The predicted octanol–water partition coefficient (Wildman–Crippen LogP) is 4.66. The Kier molecular flexibility index (Phi) is 5.69. The summed E-state index contributed by atoms with van der Waals surface area (Å²) >= 11 is 11.6. The van der Waals surface area contributed by atoms with E-state index in [1.54, 1.807) is 37.3 Å². The van der Waals surface area contributed by atoms with Crippen LogP contribution in [0.1, 0.15) is 17.3 Å². The van der Waals surface area contributed by atoms with E-state index < -0.39 is 0 Å². The Balaban J connectivity index is 2.96. The van der Waals surface area contributed by atoms with Crippen molar-refractivity contribution < 1.29 is 9.53 Å². The summed E-state index contributed by atoms with van der Waals surface area (Å²) in [4.78, 5) is 10.6. The van der Waals surface area contributed by atoms with Gasteiger partial charge in [0.1, 0.15) is 17.8 Å². The first-order chi connectivity index (χ1) is 8.56. The van der Waals surface area contributed by atoms with E-state index in [-0.39, 0.29) is 0 Å². The van der Waals surface area contributed by atoms with Gasteiger partial charge in [-0.1, -0.05) is 41.9 Å². The monoisotopic (exact) mass is 282 g/mol. The van der Waals surface area contributed by atoms with E-state index in [1.165, 1.54) is 6.08 Å². The first-order valence-corrected chi connectivity index (χ1v) is 5.91. The summed E-state index contributed by atoms with van der Waals surface area (Å²) in [7, 11) is 0. The Bertz CT molecular complexity index is 512. The van der Waals surface area contributed by atoms with Crippen LogP contribution in [0.5, 0.6) is 5.75 Å². The van der Waals surface area contributed by atoms with Crippen molar-refractivity contribution >= 4 is 29.5 Å². The highest BCUT2D eigenvalue weighted by Gasteiger charge is 2.01. The molecule has 0 saturated heterocycles. The molecule has 4 heteroatoms. The first-order valence-electron chi connectivity index (χ1n) is 5.16. The minimum absolute atomic E-state index is 0.373. The van der Waals surface area contributed by atoms with Gasteiger partial charge in [-0.05, 0) is 25.1 Å². The van der Waals surface area contributed by atoms with Crippen molar-refractivity contribution in [2.75, 3.05) is 0 Å². The molecule has 0 amide bonds. The number of allylic oxidation sites excluding steroid dienone is 4. The lowest BCUT2D eigenvalue weighted by Gasteiger charge is -2.06. The molecule has 1 rings (SSSR count). The van der Waals surface area contributed by atoms with Gasteiger partial charge in [0.2, 0.25) is 0 Å². The zero-order valence-electron chi connectivity index (χ0n) is 9.82. The summed E-state index contributed by atoms with van der Waals surface area (Å²) in [6.07, 6.45) is 3.82. The molecular formula is C14H12Cl2O2. The maximum Gasteiger partial charge on any atom is 0.150 e. The SMILES string of the molecule is C=C/C(=C\C(Cl)=C(/C)Cl)Oc1cccc(C=O)c1. The second-order valence-corrected chi connectivity index (χ2v) is 4.40. The van der Waals surface area contributed by atoms with E-state index >= 15 is 0 Å². The van der Waals surface area contributed by atoms with Gasteiger partial charge in [-0.15, -0.1) is 0 Å². The minimum Gasteiger partial charge on any atom is -0.457 e. The molecule has 0 spiro atoms. The number of carbonyl (C=O) groups excluding carboxylic acids is 1. The van der Waals surface area contributed by atoms with Crippen molar-refractivity contribution in [3.63, 3.8) is 0 Å². The molecule has 0 aliphatic carbocycles. The van der Waals surface area contributed by atoms with E-state index in [0.29, 0.717) is 27.1 Å². The van der Waals surface area contributed by atoms with Gasteiger partial charge in [0.25, 0.3) is 0 Å². The Morgan fingerprint density at radius 2 is 2.11 bits per heavy atom. The third-order valence-electron chi connectivity index (χ3n) is 2.03. The van der Waals surface area contributed by atoms with Crippen molar-refractivity contribution in [3.05, 3.63) is 64.4 Å². The first kappa shape index (κ1) is 14.6. The highest BCUT2D eigenvalue weighted by atomic mass is 35.5. The molecule has 0 N–H and O–H groups in total. The molecule has 0 heterocycles. The third-order valence-corrected chi connectivity index (χ3v) is 2.72. The van der Waals surface area contributed by atoms with Gasteiger partial charge in [0, 0.05) is 16.7 Å². The van der Waals surface area contributed by atoms with Crippen LogP contribution >= 0.6 is 23.2 Å². The fourth-order valence-electron chi connectivity index (χ4n) is 1.14. The number of hydrogen-bond donors (Lipinski definition) is 0. The van der Waals surface area contributed by atoms with Gasteiger partial charge >= 0.3 is 0 Å². The van der Waals surface area contributed by atoms with Crippen molar-refractivity contribution in [2.45, 2.75) is 6.92 Å². The Hall–Kier alpha value is -1.51. The fraction of sp³-hybridized carbons (Fsp3) is 0.0714. The average Bonchev–Trinajstić information content (AvgIpc) is 2.37. The van der Waals surface area contributed by atoms with Crippen molar-refractivity contribution in [3.8, 4) is 5.75 Å². The molecule has 0 aromatic heterocycles. The molecule has 0 saturated carbocycles. The molecule has 0 aliphatic heterocycles. The molecule has 0 radical (unpaired) electrons. The standard InChI is InChI=1S/C14H12Cl2O2/c1-3-12(8-14(16)10(2)15)18-13-6-4-5-11(7-13)9-17/h3-9H,1H2,2H3/b12-8+,14-10-. The molecule has 1 aromatic rings. The largest absolute Gasteiger partial charge is 0.457 e. The summed E-state index contributed by atoms with van der Waals surface area (Å²) in [6, 6.07) is 6.77. The predicted molar refractivity (Wildman–Crippen MR) is 75.1 cm³/mol. The Labute approximate surface area is 116 Å². The highest BCUT2D eigenvalue weighted by Crippen LogP contribution is 2.20. The molecule has 1 aromatic carbocycles.